The molecule has 2 N–H and O–H groups in total. The molecule has 40 heavy (non-hydrogen) atoms. The summed E-state index contributed by atoms with van der Waals surface area (Å²) in [6.45, 7) is 10.8. The van der Waals surface area contributed by atoms with Gasteiger partial charge in [-0.15, -0.1) is 0 Å². The molecule has 6 rings (SSSR count). The van der Waals surface area contributed by atoms with Crippen LogP contribution in [0.15, 0.2) is 30.4 Å². The molecule has 8 atom stereocenters. The normalized spacial score (nSPS) is 40.3. The van der Waals surface area contributed by atoms with E-state index >= 15 is 0 Å². The van der Waals surface area contributed by atoms with Crippen molar-refractivity contribution in [3.05, 3.63) is 41.5 Å². The summed E-state index contributed by atoms with van der Waals surface area (Å²) in [5.41, 5.74) is 1.86. The summed E-state index contributed by atoms with van der Waals surface area (Å²) in [5, 5.41) is 6.44. The van der Waals surface area contributed by atoms with Crippen LogP contribution in [-0.2, 0) is 19.1 Å². The van der Waals surface area contributed by atoms with Crippen LogP contribution >= 0.6 is 0 Å². The van der Waals surface area contributed by atoms with Gasteiger partial charge in [0.2, 0.25) is 17.7 Å². The Labute approximate surface area is 238 Å². The number of hydrogen-bond donors (Lipinski definition) is 2. The van der Waals surface area contributed by atoms with E-state index in [2.05, 4.69) is 31.4 Å². The number of nitrogens with one attached hydrogen (secondary N) is 2. The van der Waals surface area contributed by atoms with Crippen molar-refractivity contribution >= 4 is 23.4 Å². The number of nitrogens with zero attached hydrogens (tertiary/aromatic N) is 1. The van der Waals surface area contributed by atoms with Gasteiger partial charge in [0, 0.05) is 17.8 Å². The molecular weight excluding hydrogens is 502 g/mol. The van der Waals surface area contributed by atoms with E-state index in [-0.39, 0.29) is 29.8 Å². The molecule has 5 aliphatic rings. The molecule has 216 valence electrons. The highest BCUT2D eigenvalue weighted by Gasteiger charge is 2.73. The third-order valence-corrected chi connectivity index (χ3v) is 11.1. The van der Waals surface area contributed by atoms with Crippen LogP contribution in [0.4, 0.5) is 5.69 Å². The average molecular weight is 548 g/mol. The fraction of sp³-hybridized carbons (Fsp3) is 0.667. The Hall–Kier alpha value is -2.67. The lowest BCUT2D eigenvalue weighted by Crippen LogP contribution is -2.59. The summed E-state index contributed by atoms with van der Waals surface area (Å²) >= 11 is 0. The highest BCUT2D eigenvalue weighted by Crippen LogP contribution is 2.56. The van der Waals surface area contributed by atoms with Crippen LogP contribution in [-0.4, -0.2) is 52.5 Å². The molecule has 3 heterocycles. The molecule has 4 fully saturated rings. The van der Waals surface area contributed by atoms with Gasteiger partial charge in [-0.05, 0) is 87.0 Å². The van der Waals surface area contributed by atoms with Crippen molar-refractivity contribution in [2.45, 2.75) is 109 Å². The second-order valence-corrected chi connectivity index (χ2v) is 13.5. The predicted molar refractivity (Wildman–Crippen MR) is 154 cm³/mol. The number of ether oxygens (including phenoxy) is 1. The monoisotopic (exact) mass is 547 g/mol. The molecule has 3 aliphatic heterocycles. The maximum atomic E-state index is 14.4. The molecular formula is C33H45N3O4. The van der Waals surface area contributed by atoms with Gasteiger partial charge in [0.15, 0.2) is 0 Å². The van der Waals surface area contributed by atoms with E-state index in [0.717, 1.165) is 49.7 Å². The number of carbonyl (C=O) groups is 3. The molecule has 2 saturated heterocycles. The number of amides is 3. The van der Waals surface area contributed by atoms with Gasteiger partial charge < -0.3 is 20.3 Å². The van der Waals surface area contributed by atoms with Crippen molar-refractivity contribution in [2.24, 2.45) is 29.6 Å². The summed E-state index contributed by atoms with van der Waals surface area (Å²) in [5.74, 6) is -0.277. The van der Waals surface area contributed by atoms with Crippen LogP contribution in [0, 0.1) is 43.4 Å². The highest BCUT2D eigenvalue weighted by atomic mass is 16.5. The largest absolute Gasteiger partial charge is 0.359 e. The van der Waals surface area contributed by atoms with Crippen molar-refractivity contribution in [2.75, 3.05) is 5.32 Å². The van der Waals surface area contributed by atoms with Gasteiger partial charge in [-0.1, -0.05) is 51.8 Å². The smallest absolute Gasteiger partial charge is 0.246 e. The summed E-state index contributed by atoms with van der Waals surface area (Å²) in [6.07, 6.45) is 10.4. The predicted octanol–water partition coefficient (Wildman–Crippen LogP) is 4.91. The molecule has 2 aliphatic carbocycles. The summed E-state index contributed by atoms with van der Waals surface area (Å²) < 4.78 is 6.59. The second kappa shape index (κ2) is 10.3. The zero-order chi connectivity index (χ0) is 28.3. The molecule has 7 nitrogen and oxygen atoms in total. The Morgan fingerprint density at radius 2 is 1.73 bits per heavy atom. The summed E-state index contributed by atoms with van der Waals surface area (Å²) in [4.78, 5) is 44.3. The Kier molecular flexibility index (Phi) is 7.09. The van der Waals surface area contributed by atoms with Gasteiger partial charge >= 0.3 is 0 Å². The molecule has 2 saturated carbocycles. The van der Waals surface area contributed by atoms with Gasteiger partial charge in [-0.2, -0.15) is 0 Å². The first-order valence-corrected chi connectivity index (χ1v) is 15.5. The second-order valence-electron chi connectivity index (χ2n) is 13.5. The molecule has 0 aromatic heterocycles. The third kappa shape index (κ3) is 4.40. The minimum Gasteiger partial charge on any atom is -0.359 e. The van der Waals surface area contributed by atoms with Crippen molar-refractivity contribution in [1.29, 1.82) is 0 Å². The van der Waals surface area contributed by atoms with E-state index in [0.29, 0.717) is 23.4 Å². The minimum absolute atomic E-state index is 0.0124. The number of rotatable bonds is 5. The zero-order valence-electron chi connectivity index (χ0n) is 24.6. The number of likely N-dealkylation sites (tertiary alicyclic amines) is 1. The number of anilines is 1. The van der Waals surface area contributed by atoms with E-state index < -0.39 is 29.6 Å². The molecule has 2 bridgehead atoms. The Bertz CT molecular complexity index is 1220. The zero-order valence-corrected chi connectivity index (χ0v) is 24.6. The summed E-state index contributed by atoms with van der Waals surface area (Å²) in [7, 11) is 0. The molecule has 1 spiro atoms. The quantitative estimate of drug-likeness (QED) is 0.513. The van der Waals surface area contributed by atoms with Crippen molar-refractivity contribution in [3.8, 4) is 0 Å². The Balaban J connectivity index is 1.31. The highest BCUT2D eigenvalue weighted by molar-refractivity contribution is 6.03. The first kappa shape index (κ1) is 27.5. The lowest BCUT2D eigenvalue weighted by Gasteiger charge is -2.41. The lowest BCUT2D eigenvalue weighted by molar-refractivity contribution is -0.145. The number of benzene rings is 1. The maximum Gasteiger partial charge on any atom is 0.246 e. The molecule has 8 unspecified atom stereocenters. The number of hydrogen-bond acceptors (Lipinski definition) is 4. The first-order valence-electron chi connectivity index (χ1n) is 15.5. The number of aryl methyl sites for hydroxylation is 2. The van der Waals surface area contributed by atoms with Gasteiger partial charge in [0.1, 0.15) is 11.6 Å². The molecule has 0 radical (unpaired) electrons. The molecule has 1 aromatic carbocycles. The topological polar surface area (TPSA) is 87.7 Å². The Morgan fingerprint density at radius 1 is 0.975 bits per heavy atom. The van der Waals surface area contributed by atoms with E-state index in [1.54, 1.807) is 0 Å². The lowest BCUT2D eigenvalue weighted by atomic mass is 9.73. The molecule has 1 aromatic rings. The van der Waals surface area contributed by atoms with Gasteiger partial charge in [0.25, 0.3) is 0 Å². The average Bonchev–Trinajstić information content (AvgIpc) is 3.57. The van der Waals surface area contributed by atoms with Crippen molar-refractivity contribution < 1.29 is 19.1 Å². The fourth-order valence-corrected chi connectivity index (χ4v) is 8.21. The first-order chi connectivity index (χ1) is 19.1. The maximum absolute atomic E-state index is 14.4. The van der Waals surface area contributed by atoms with Crippen LogP contribution in [0.1, 0.15) is 76.8 Å². The van der Waals surface area contributed by atoms with Crippen LogP contribution in [0.25, 0.3) is 0 Å². The van der Waals surface area contributed by atoms with E-state index in [4.69, 9.17) is 4.74 Å². The molecule has 3 amide bonds. The van der Waals surface area contributed by atoms with Crippen LogP contribution in [0.2, 0.25) is 0 Å². The van der Waals surface area contributed by atoms with Gasteiger partial charge in [0.05, 0.1) is 17.9 Å². The summed E-state index contributed by atoms with van der Waals surface area (Å²) in [6, 6.07) is 5.16. The third-order valence-electron chi connectivity index (χ3n) is 11.1. The van der Waals surface area contributed by atoms with Gasteiger partial charge in [-0.3, -0.25) is 14.4 Å². The van der Waals surface area contributed by atoms with Crippen LogP contribution in [0.3, 0.4) is 0 Å². The SMILES string of the molecule is Cc1ccc(NC(=O)C2C3C=CC4(O3)C2C(=O)N(C2CCC(C)CC2)C4C(=O)NC2CCCC(C)C2C)cc1C. The number of fused-ring (bicyclic) bond motifs is 1. The van der Waals surface area contributed by atoms with E-state index in [9.17, 15) is 14.4 Å². The van der Waals surface area contributed by atoms with Crippen LogP contribution < -0.4 is 10.6 Å². The van der Waals surface area contributed by atoms with Gasteiger partial charge in [-0.25, -0.2) is 0 Å². The fourth-order valence-electron chi connectivity index (χ4n) is 8.21. The van der Waals surface area contributed by atoms with Crippen LogP contribution in [0.5, 0.6) is 0 Å². The molecule has 7 heteroatoms. The van der Waals surface area contributed by atoms with Crippen molar-refractivity contribution in [3.63, 3.8) is 0 Å². The Morgan fingerprint density at radius 3 is 2.45 bits per heavy atom. The standard InChI is InChI=1S/C33H45N3O4/c1-18-9-13-24(14-10-18)36-29(31(38)35-25-8-6-7-20(3)22(25)5)33-16-15-26(40-33)27(28(33)32(36)39)30(37)34-23-12-11-19(2)21(4)17-23/h11-12,15-18,20,22,24-29H,6-10,13-14H2,1-5H3,(H,34,37)(H,35,38). The number of carbonyl (C=O) groups excluding carboxylic acids is 3. The van der Waals surface area contributed by atoms with E-state index in [1.807, 2.05) is 49.1 Å². The van der Waals surface area contributed by atoms with Crippen molar-refractivity contribution in [1.82, 2.24) is 10.2 Å². The minimum atomic E-state index is -1.11. The van der Waals surface area contributed by atoms with E-state index in [1.165, 1.54) is 6.42 Å².